The maximum Gasteiger partial charge on any atom is 0.268 e. The van der Waals surface area contributed by atoms with Crippen LogP contribution in [0.25, 0.3) is 0 Å². The molecule has 2 rings (SSSR count). The molecular weight excluding hydrogens is 316 g/mol. The molecule has 18 heavy (non-hydrogen) atoms. The molecule has 0 fully saturated rings. The first-order valence-electron chi connectivity index (χ1n) is 5.45. The van der Waals surface area contributed by atoms with Crippen LogP contribution >= 0.6 is 27.5 Å². The molecule has 3 nitrogen and oxygen atoms in total. The van der Waals surface area contributed by atoms with Gasteiger partial charge in [0.15, 0.2) is 0 Å². The summed E-state index contributed by atoms with van der Waals surface area (Å²) in [4.78, 5) is 16.2. The number of hydrogen-bond donors (Lipinski definition) is 0. The van der Waals surface area contributed by atoms with E-state index < -0.39 is 0 Å². The fourth-order valence-electron chi connectivity index (χ4n) is 1.62. The number of nitrogens with zero attached hydrogens (tertiary/aromatic N) is 2. The molecule has 1 aromatic carbocycles. The molecule has 1 heterocycles. The van der Waals surface area contributed by atoms with Gasteiger partial charge < -0.3 is 0 Å². The van der Waals surface area contributed by atoms with E-state index in [-0.39, 0.29) is 5.56 Å². The second-order valence-electron chi connectivity index (χ2n) is 4.17. The van der Waals surface area contributed by atoms with Crippen LogP contribution in [0.5, 0.6) is 0 Å². The molecule has 5 heteroatoms. The van der Waals surface area contributed by atoms with Crippen LogP contribution in [0, 0.1) is 13.8 Å². The van der Waals surface area contributed by atoms with Gasteiger partial charge >= 0.3 is 0 Å². The molecule has 0 aliphatic rings. The van der Waals surface area contributed by atoms with Crippen LogP contribution in [0.15, 0.2) is 33.8 Å². The largest absolute Gasteiger partial charge is 0.294 e. The highest BCUT2D eigenvalue weighted by atomic mass is 79.9. The Morgan fingerprint density at radius 1 is 1.39 bits per heavy atom. The van der Waals surface area contributed by atoms with E-state index >= 15 is 0 Å². The summed E-state index contributed by atoms with van der Waals surface area (Å²) in [5.74, 6) is 0. The number of hydrogen-bond acceptors (Lipinski definition) is 2. The summed E-state index contributed by atoms with van der Waals surface area (Å²) in [6, 6.07) is 5.79. The normalized spacial score (nSPS) is 10.7. The fourth-order valence-corrected chi connectivity index (χ4v) is 2.25. The van der Waals surface area contributed by atoms with Crippen LogP contribution in [-0.2, 0) is 6.54 Å². The van der Waals surface area contributed by atoms with E-state index in [4.69, 9.17) is 11.6 Å². The average Bonchev–Trinajstić information content (AvgIpc) is 2.33. The lowest BCUT2D eigenvalue weighted by molar-refractivity contribution is 0.724. The van der Waals surface area contributed by atoms with E-state index in [0.29, 0.717) is 21.7 Å². The summed E-state index contributed by atoms with van der Waals surface area (Å²) in [6.45, 7) is 4.18. The second-order valence-corrected chi connectivity index (χ2v) is 5.37. The number of aromatic nitrogens is 2. The molecule has 0 bridgehead atoms. The van der Waals surface area contributed by atoms with Crippen molar-refractivity contribution in [3.63, 3.8) is 0 Å². The molecule has 0 atom stereocenters. The molecule has 0 unspecified atom stereocenters. The summed E-state index contributed by atoms with van der Waals surface area (Å²) < 4.78 is 2.03. The van der Waals surface area contributed by atoms with Gasteiger partial charge in [0.05, 0.1) is 18.6 Å². The van der Waals surface area contributed by atoms with Gasteiger partial charge in [0.2, 0.25) is 0 Å². The van der Waals surface area contributed by atoms with E-state index in [1.807, 2.05) is 25.1 Å². The Labute approximate surface area is 119 Å². The van der Waals surface area contributed by atoms with Gasteiger partial charge in [-0.05, 0) is 47.0 Å². The highest BCUT2D eigenvalue weighted by Crippen LogP contribution is 2.18. The molecule has 0 saturated carbocycles. The van der Waals surface area contributed by atoms with Crippen LogP contribution in [-0.4, -0.2) is 9.55 Å². The maximum absolute atomic E-state index is 12.0. The van der Waals surface area contributed by atoms with Crippen LogP contribution in [0.1, 0.15) is 16.8 Å². The predicted molar refractivity (Wildman–Crippen MR) is 76.2 cm³/mol. The Bertz CT molecular complexity index is 652. The van der Waals surface area contributed by atoms with Crippen molar-refractivity contribution in [2.24, 2.45) is 0 Å². The third kappa shape index (κ3) is 2.65. The zero-order chi connectivity index (χ0) is 13.3. The highest BCUT2D eigenvalue weighted by molar-refractivity contribution is 9.10. The van der Waals surface area contributed by atoms with Crippen LogP contribution in [0.4, 0.5) is 0 Å². The van der Waals surface area contributed by atoms with E-state index in [0.717, 1.165) is 11.1 Å². The third-order valence-corrected chi connectivity index (χ3v) is 3.97. The topological polar surface area (TPSA) is 34.9 Å². The first kappa shape index (κ1) is 13.3. The summed E-state index contributed by atoms with van der Waals surface area (Å²) >= 11 is 9.40. The van der Waals surface area contributed by atoms with Gasteiger partial charge in [0.25, 0.3) is 5.56 Å². The summed E-state index contributed by atoms with van der Waals surface area (Å²) in [7, 11) is 0. The van der Waals surface area contributed by atoms with Crippen molar-refractivity contribution in [3.8, 4) is 0 Å². The lowest BCUT2D eigenvalue weighted by Crippen LogP contribution is -2.22. The molecule has 0 amide bonds. The maximum atomic E-state index is 12.0. The van der Waals surface area contributed by atoms with Gasteiger partial charge in [-0.3, -0.25) is 9.36 Å². The fraction of sp³-hybridized carbons (Fsp3) is 0.231. The molecule has 0 aliphatic heterocycles. The Kier molecular flexibility index (Phi) is 3.88. The first-order chi connectivity index (χ1) is 8.49. The Balaban J connectivity index is 2.41. The van der Waals surface area contributed by atoms with E-state index in [9.17, 15) is 4.79 Å². The van der Waals surface area contributed by atoms with E-state index in [1.165, 1.54) is 4.57 Å². The lowest BCUT2D eigenvalue weighted by atomic mass is 10.1. The predicted octanol–water partition coefficient (Wildman–Crippen LogP) is 3.32. The SMILES string of the molecule is Cc1ccc(Cn2cnc(C)c(Br)c2=O)c(Cl)c1. The molecule has 0 saturated heterocycles. The van der Waals surface area contributed by atoms with Crippen LogP contribution < -0.4 is 5.56 Å². The van der Waals surface area contributed by atoms with Gasteiger partial charge in [0.1, 0.15) is 4.47 Å². The van der Waals surface area contributed by atoms with Gasteiger partial charge in [-0.1, -0.05) is 23.7 Å². The zero-order valence-corrected chi connectivity index (χ0v) is 12.4. The second kappa shape index (κ2) is 5.24. The molecule has 0 N–H and O–H groups in total. The van der Waals surface area contributed by atoms with Crippen LogP contribution in [0.2, 0.25) is 5.02 Å². The summed E-state index contributed by atoms with van der Waals surface area (Å²) in [6.07, 6.45) is 1.54. The monoisotopic (exact) mass is 326 g/mol. The number of benzene rings is 1. The van der Waals surface area contributed by atoms with Gasteiger partial charge in [-0.15, -0.1) is 0 Å². The molecule has 0 aliphatic carbocycles. The molecule has 94 valence electrons. The first-order valence-corrected chi connectivity index (χ1v) is 6.62. The summed E-state index contributed by atoms with van der Waals surface area (Å²) in [5.41, 5.74) is 2.59. The quantitative estimate of drug-likeness (QED) is 0.848. The summed E-state index contributed by atoms with van der Waals surface area (Å²) in [5, 5.41) is 0.665. The molecule has 0 radical (unpaired) electrons. The molecule has 0 spiro atoms. The van der Waals surface area contributed by atoms with Crippen molar-refractivity contribution in [3.05, 3.63) is 61.2 Å². The van der Waals surface area contributed by atoms with Crippen molar-refractivity contribution in [1.82, 2.24) is 9.55 Å². The van der Waals surface area contributed by atoms with Gasteiger partial charge in [-0.2, -0.15) is 0 Å². The molecular formula is C13H12BrClN2O. The van der Waals surface area contributed by atoms with Crippen molar-refractivity contribution < 1.29 is 0 Å². The van der Waals surface area contributed by atoms with Gasteiger partial charge in [0, 0.05) is 5.02 Å². The minimum absolute atomic E-state index is 0.0980. The van der Waals surface area contributed by atoms with Crippen molar-refractivity contribution in [1.29, 1.82) is 0 Å². The minimum Gasteiger partial charge on any atom is -0.294 e. The van der Waals surface area contributed by atoms with Gasteiger partial charge in [-0.25, -0.2) is 4.98 Å². The number of aryl methyl sites for hydroxylation is 2. The minimum atomic E-state index is -0.0980. The zero-order valence-electron chi connectivity index (χ0n) is 10.1. The van der Waals surface area contributed by atoms with Crippen LogP contribution in [0.3, 0.4) is 0 Å². The van der Waals surface area contributed by atoms with Crippen molar-refractivity contribution in [2.45, 2.75) is 20.4 Å². The Hall–Kier alpha value is -1.13. The molecule has 1 aromatic heterocycles. The lowest BCUT2D eigenvalue weighted by Gasteiger charge is -2.09. The van der Waals surface area contributed by atoms with E-state index in [2.05, 4.69) is 20.9 Å². The molecule has 2 aromatic rings. The van der Waals surface area contributed by atoms with Crippen molar-refractivity contribution in [2.75, 3.05) is 0 Å². The number of halogens is 2. The Morgan fingerprint density at radius 2 is 2.11 bits per heavy atom. The standard InChI is InChI=1S/C13H12BrClN2O/c1-8-3-4-10(11(15)5-8)6-17-7-16-9(2)12(14)13(17)18/h3-5,7H,6H2,1-2H3. The average molecular weight is 328 g/mol. The smallest absolute Gasteiger partial charge is 0.268 e. The van der Waals surface area contributed by atoms with Crippen molar-refractivity contribution >= 4 is 27.5 Å². The number of rotatable bonds is 2. The Morgan fingerprint density at radius 3 is 2.78 bits per heavy atom. The third-order valence-electron chi connectivity index (χ3n) is 2.71. The highest BCUT2D eigenvalue weighted by Gasteiger charge is 2.07. The van der Waals surface area contributed by atoms with E-state index in [1.54, 1.807) is 13.3 Å².